The molecule has 2 heterocycles. The van der Waals surface area contributed by atoms with Crippen LogP contribution in [0, 0.1) is 5.92 Å². The van der Waals surface area contributed by atoms with E-state index in [9.17, 15) is 33.9 Å². The number of rotatable bonds is 16. The predicted octanol–water partition coefficient (Wildman–Crippen LogP) is 7.39. The Morgan fingerprint density at radius 2 is 1.23 bits per heavy atom. The first-order valence-corrected chi connectivity index (χ1v) is 22.8. The van der Waals surface area contributed by atoms with Crippen molar-refractivity contribution in [2.45, 2.75) is 145 Å². The van der Waals surface area contributed by atoms with Gasteiger partial charge in [0.05, 0.1) is 5.69 Å². The van der Waals surface area contributed by atoms with Crippen LogP contribution in [0.1, 0.15) is 110 Å². The molecule has 69 heavy (non-hydrogen) atoms. The van der Waals surface area contributed by atoms with Gasteiger partial charge in [-0.15, -0.1) is 16.3 Å². The van der Waals surface area contributed by atoms with Crippen LogP contribution in [0.15, 0.2) is 46.0 Å². The largest absolute Gasteiger partial charge is 0.489 e. The van der Waals surface area contributed by atoms with Crippen molar-refractivity contribution in [1.29, 1.82) is 0 Å². The number of carbonyl (C=O) groups excluding carboxylic acids is 5. The van der Waals surface area contributed by atoms with Crippen molar-refractivity contribution >= 4 is 58.5 Å². The van der Waals surface area contributed by atoms with Crippen LogP contribution in [0.4, 0.5) is 24.3 Å². The summed E-state index contributed by atoms with van der Waals surface area (Å²) in [7, 11) is 1.70. The van der Waals surface area contributed by atoms with Gasteiger partial charge in [0.2, 0.25) is 11.3 Å². The van der Waals surface area contributed by atoms with E-state index in [1.165, 1.54) is 5.38 Å². The van der Waals surface area contributed by atoms with E-state index in [2.05, 4.69) is 31.1 Å². The number of nitrogens with zero attached hydrogens (tertiary/aromatic N) is 5. The molecule has 3 aromatic rings. The molecule has 0 aliphatic carbocycles. The number of carboxylic acids is 1. The number of thiazole rings is 1. The topological polar surface area (TPSA) is 271 Å². The van der Waals surface area contributed by atoms with Gasteiger partial charge in [0.15, 0.2) is 5.13 Å². The number of aliphatic carboxylic acids is 1. The summed E-state index contributed by atoms with van der Waals surface area (Å²) >= 11 is 0.919. The molecule has 0 fully saturated rings. The van der Waals surface area contributed by atoms with E-state index in [4.69, 9.17) is 33.3 Å². The lowest BCUT2D eigenvalue weighted by molar-refractivity contribution is -0.170. The molecule has 3 rings (SSSR count). The molecule has 0 saturated carbocycles. The monoisotopic (exact) mass is 988 g/mol. The molecule has 4 amide bonds. The van der Waals surface area contributed by atoms with Crippen LogP contribution >= 0.6 is 11.3 Å². The van der Waals surface area contributed by atoms with E-state index < -0.39 is 88.7 Å². The molecule has 0 bridgehead atoms. The third-order valence-electron chi connectivity index (χ3n) is 8.15. The lowest BCUT2D eigenvalue weighted by Gasteiger charge is -2.24. The van der Waals surface area contributed by atoms with Crippen LogP contribution in [-0.4, -0.2) is 115 Å². The highest BCUT2D eigenvalue weighted by Gasteiger charge is 2.30. The number of esters is 1. The maximum Gasteiger partial charge on any atom is 0.437 e. The Morgan fingerprint density at radius 1 is 0.725 bits per heavy atom. The zero-order valence-electron chi connectivity index (χ0n) is 42.3. The second kappa shape index (κ2) is 23.1. The number of oxime groups is 1. The highest BCUT2D eigenvalue weighted by Crippen LogP contribution is 2.24. The molecule has 1 atom stereocenters. The van der Waals surface area contributed by atoms with Crippen LogP contribution < -0.4 is 26.3 Å². The van der Waals surface area contributed by atoms with Gasteiger partial charge in [0.25, 0.3) is 6.10 Å². The van der Waals surface area contributed by atoms with Gasteiger partial charge < -0.3 is 58.1 Å². The Kier molecular flexibility index (Phi) is 19.0. The quantitative estimate of drug-likeness (QED) is 0.0471. The second-order valence-corrected chi connectivity index (χ2v) is 21.5. The number of nitrogens with one attached hydrogen (secondary N) is 3. The minimum absolute atomic E-state index is 0.0341. The number of aromatic nitrogens is 3. The number of imidazole rings is 1. The molecule has 22 nitrogen and oxygen atoms in total. The number of carboxylic acid groups (broad SMARTS) is 1. The fraction of sp³-hybridized carbons (Fsp3) is 0.587. The van der Waals surface area contributed by atoms with Gasteiger partial charge in [0, 0.05) is 44.2 Å². The van der Waals surface area contributed by atoms with Crippen LogP contribution in [0.3, 0.4) is 0 Å². The molecular formula is C46H68N8O14S. The number of hydrogen-bond acceptors (Lipinski definition) is 16. The van der Waals surface area contributed by atoms with Gasteiger partial charge in [-0.1, -0.05) is 5.16 Å². The molecule has 0 spiro atoms. The minimum Gasteiger partial charge on any atom is -0.489 e. The average molecular weight is 989 g/mol. The molecule has 2 aromatic heterocycles. The summed E-state index contributed by atoms with van der Waals surface area (Å²) in [4.78, 5) is 90.3. The van der Waals surface area contributed by atoms with Gasteiger partial charge in [-0.05, 0) is 134 Å². The standard InChI is InChI=1S/C46H68N8O14S/c1-42(2,3)63-35(57)32(68-52-33(34(55)56)30-26-69-36(49-30)50-40(60)66-45(10,11)12)25-62-29-19-17-28(18-20-29)31-24-54(37(53(31)16)51-41(61)67-46(13,14)15)23-27(21-47-38(58)64-43(4,5)6)22-48-39(59)65-44(7,8)9/h17-20,24,26-27,32H,21-23,25H2,1-16H3,(H,47,58)(H,48,59)(H,55,56)(H,49,50,60)/b51-37?,52-33-/t32-/m0/s1. The number of ether oxygens (including phenoxy) is 6. The molecule has 0 aliphatic heterocycles. The second-order valence-electron chi connectivity index (χ2n) is 20.6. The zero-order chi connectivity index (χ0) is 52.3. The summed E-state index contributed by atoms with van der Waals surface area (Å²) in [6.07, 6.45) is -2.77. The number of carbonyl (C=O) groups is 6. The van der Waals surface area contributed by atoms with E-state index >= 15 is 0 Å². The Labute approximate surface area is 406 Å². The summed E-state index contributed by atoms with van der Waals surface area (Å²) in [5.41, 5.74) is -3.53. The molecular weight excluding hydrogens is 921 g/mol. The van der Waals surface area contributed by atoms with Gasteiger partial charge >= 0.3 is 36.3 Å². The summed E-state index contributed by atoms with van der Waals surface area (Å²) < 4.78 is 36.4. The third-order valence-corrected chi connectivity index (χ3v) is 8.91. The highest BCUT2D eigenvalue weighted by atomic mass is 32.1. The normalized spacial score (nSPS) is 13.2. The third kappa shape index (κ3) is 21.0. The number of benzene rings is 1. The van der Waals surface area contributed by atoms with Crippen molar-refractivity contribution in [2.24, 2.45) is 23.1 Å². The lowest BCUT2D eigenvalue weighted by Crippen LogP contribution is -2.42. The molecule has 0 saturated heterocycles. The average Bonchev–Trinajstić information content (AvgIpc) is 3.73. The SMILES string of the molecule is Cn1c(-c2ccc(OC[C@H](O/N=C(\C(=O)O)c3csc(NC(=O)OC(C)(C)C)n3)C(=O)OC(C)(C)C)cc2)cn(CC(CNC(=O)OC(C)(C)C)CNC(=O)OC(C)(C)C)c1=NC(=O)OC(C)(C)C. The van der Waals surface area contributed by atoms with E-state index in [-0.39, 0.29) is 41.8 Å². The lowest BCUT2D eigenvalue weighted by atomic mass is 10.1. The maximum absolute atomic E-state index is 13.3. The van der Waals surface area contributed by atoms with E-state index in [1.807, 2.05) is 0 Å². The first kappa shape index (κ1) is 56.7. The van der Waals surface area contributed by atoms with E-state index in [0.29, 0.717) is 11.3 Å². The van der Waals surface area contributed by atoms with Gasteiger partial charge in [-0.3, -0.25) is 5.32 Å². The Morgan fingerprint density at radius 3 is 1.72 bits per heavy atom. The summed E-state index contributed by atoms with van der Waals surface area (Å²) in [5.74, 6) is -2.63. The Hall–Kier alpha value is -6.65. The van der Waals surface area contributed by atoms with E-state index in [1.54, 1.807) is 151 Å². The fourth-order valence-corrected chi connectivity index (χ4v) is 6.29. The van der Waals surface area contributed by atoms with Crippen molar-refractivity contribution in [2.75, 3.05) is 25.0 Å². The molecule has 382 valence electrons. The maximum atomic E-state index is 13.3. The van der Waals surface area contributed by atoms with Crippen molar-refractivity contribution in [1.82, 2.24) is 24.8 Å². The first-order valence-electron chi connectivity index (χ1n) is 21.9. The van der Waals surface area contributed by atoms with Crippen LogP contribution in [0.5, 0.6) is 5.75 Å². The minimum atomic E-state index is -1.55. The summed E-state index contributed by atoms with van der Waals surface area (Å²) in [6, 6.07) is 6.66. The summed E-state index contributed by atoms with van der Waals surface area (Å²) in [5, 5.41) is 23.0. The van der Waals surface area contributed by atoms with Gasteiger partial charge in [-0.2, -0.15) is 0 Å². The molecule has 4 N–H and O–H groups in total. The number of alkyl carbamates (subject to hydrolysis) is 2. The molecule has 1 aromatic carbocycles. The number of anilines is 1. The van der Waals surface area contributed by atoms with Crippen LogP contribution in [0.25, 0.3) is 11.3 Å². The van der Waals surface area contributed by atoms with Crippen molar-refractivity contribution in [3.63, 3.8) is 0 Å². The fourth-order valence-electron chi connectivity index (χ4n) is 5.61. The van der Waals surface area contributed by atoms with Gasteiger partial charge in [-0.25, -0.2) is 33.8 Å². The molecule has 0 unspecified atom stereocenters. The van der Waals surface area contributed by atoms with Crippen molar-refractivity contribution in [3.8, 4) is 17.0 Å². The van der Waals surface area contributed by atoms with Crippen LogP contribution in [-0.2, 0) is 51.7 Å². The smallest absolute Gasteiger partial charge is 0.437 e. The highest BCUT2D eigenvalue weighted by molar-refractivity contribution is 7.14. The number of hydrogen-bond donors (Lipinski definition) is 4. The molecule has 0 aliphatic rings. The van der Waals surface area contributed by atoms with Crippen LogP contribution in [0.2, 0.25) is 0 Å². The number of amides is 4. The van der Waals surface area contributed by atoms with Crippen molar-refractivity contribution in [3.05, 3.63) is 47.2 Å². The Bertz CT molecular complexity index is 2350. The predicted molar refractivity (Wildman–Crippen MR) is 255 cm³/mol. The van der Waals surface area contributed by atoms with Crippen molar-refractivity contribution < 1.29 is 67.1 Å². The summed E-state index contributed by atoms with van der Waals surface area (Å²) in [6.45, 7) is 25.3. The zero-order valence-corrected chi connectivity index (χ0v) is 43.2. The first-order chi connectivity index (χ1) is 31.6. The van der Waals surface area contributed by atoms with E-state index in [0.717, 1.165) is 11.3 Å². The molecule has 23 heteroatoms. The van der Waals surface area contributed by atoms with Gasteiger partial charge in [0.1, 0.15) is 46.1 Å². The Balaban J connectivity index is 1.96. The molecule has 0 radical (unpaired) electrons.